The van der Waals surface area contributed by atoms with E-state index < -0.39 is 0 Å². The van der Waals surface area contributed by atoms with Crippen molar-refractivity contribution < 1.29 is 4.79 Å². The molecule has 1 aliphatic heterocycles. The number of carbonyl (C=O) groups excluding carboxylic acids is 1. The summed E-state index contributed by atoms with van der Waals surface area (Å²) in [4.78, 5) is 18.3. The third-order valence-corrected chi connectivity index (χ3v) is 4.64. The molecule has 1 saturated carbocycles. The van der Waals surface area contributed by atoms with Gasteiger partial charge in [0.2, 0.25) is 0 Å². The van der Waals surface area contributed by atoms with E-state index in [1.165, 1.54) is 24.2 Å². The Bertz CT molecular complexity index is 401. The standard InChI is InChI=1S/C11H14N2OS/c1-7-10(6-14)15-11(12-7)13-3-2-8-4-9(8)5-13/h6,8-9H,2-5H2,1H3. The lowest BCUT2D eigenvalue weighted by molar-refractivity contribution is 0.112. The van der Waals surface area contributed by atoms with Crippen molar-refractivity contribution >= 4 is 22.8 Å². The zero-order chi connectivity index (χ0) is 10.4. The number of nitrogens with zero attached hydrogens (tertiary/aromatic N) is 2. The first-order chi connectivity index (χ1) is 7.28. The maximum Gasteiger partial charge on any atom is 0.186 e. The normalized spacial score (nSPS) is 28.7. The summed E-state index contributed by atoms with van der Waals surface area (Å²) >= 11 is 1.53. The Morgan fingerprint density at radius 2 is 2.40 bits per heavy atom. The molecular formula is C11H14N2OS. The fraction of sp³-hybridized carbons (Fsp3) is 0.636. The molecule has 0 aromatic carbocycles. The molecule has 2 unspecified atom stereocenters. The lowest BCUT2D eigenvalue weighted by Gasteiger charge is -2.25. The van der Waals surface area contributed by atoms with Gasteiger partial charge in [0.15, 0.2) is 11.4 Å². The SMILES string of the molecule is Cc1nc(N2CCC3CC3C2)sc1C=O. The number of aryl methyl sites for hydroxylation is 1. The van der Waals surface area contributed by atoms with Gasteiger partial charge in [-0.1, -0.05) is 11.3 Å². The Morgan fingerprint density at radius 3 is 3.07 bits per heavy atom. The summed E-state index contributed by atoms with van der Waals surface area (Å²) in [7, 11) is 0. The van der Waals surface area contributed by atoms with Crippen molar-refractivity contribution in [2.45, 2.75) is 19.8 Å². The average Bonchev–Trinajstić information content (AvgIpc) is 2.93. The fourth-order valence-corrected chi connectivity index (χ4v) is 3.31. The van der Waals surface area contributed by atoms with Crippen molar-refractivity contribution in [2.75, 3.05) is 18.0 Å². The van der Waals surface area contributed by atoms with Crippen LogP contribution in [0.5, 0.6) is 0 Å². The number of rotatable bonds is 2. The van der Waals surface area contributed by atoms with Crippen molar-refractivity contribution in [2.24, 2.45) is 11.8 Å². The van der Waals surface area contributed by atoms with Gasteiger partial charge in [-0.2, -0.15) is 0 Å². The van der Waals surface area contributed by atoms with Crippen LogP contribution in [-0.4, -0.2) is 24.4 Å². The van der Waals surface area contributed by atoms with Crippen LogP contribution >= 0.6 is 11.3 Å². The second kappa shape index (κ2) is 3.30. The Balaban J connectivity index is 1.82. The van der Waals surface area contributed by atoms with Crippen LogP contribution in [0, 0.1) is 18.8 Å². The monoisotopic (exact) mass is 222 g/mol. The summed E-state index contributed by atoms with van der Waals surface area (Å²) in [6.07, 6.45) is 3.63. The van der Waals surface area contributed by atoms with Crippen LogP contribution in [-0.2, 0) is 0 Å². The molecule has 4 heteroatoms. The summed E-state index contributed by atoms with van der Waals surface area (Å²) in [6, 6.07) is 0. The second-order valence-corrected chi connectivity index (χ2v) is 5.56. The zero-order valence-corrected chi connectivity index (χ0v) is 9.59. The van der Waals surface area contributed by atoms with Gasteiger partial charge in [-0.05, 0) is 31.6 Å². The van der Waals surface area contributed by atoms with E-state index >= 15 is 0 Å². The molecular weight excluding hydrogens is 208 g/mol. The minimum atomic E-state index is 0.780. The van der Waals surface area contributed by atoms with Gasteiger partial charge in [-0.15, -0.1) is 0 Å². The summed E-state index contributed by atoms with van der Waals surface area (Å²) in [5, 5.41) is 1.04. The van der Waals surface area contributed by atoms with Gasteiger partial charge in [0.05, 0.1) is 10.6 Å². The van der Waals surface area contributed by atoms with Crippen molar-refractivity contribution in [3.05, 3.63) is 10.6 Å². The molecule has 2 heterocycles. The maximum atomic E-state index is 10.7. The van der Waals surface area contributed by atoms with E-state index in [0.29, 0.717) is 0 Å². The number of aromatic nitrogens is 1. The molecule has 1 aromatic heterocycles. The van der Waals surface area contributed by atoms with Gasteiger partial charge in [-0.25, -0.2) is 4.98 Å². The first-order valence-corrected chi connectivity index (χ1v) is 6.27. The minimum Gasteiger partial charge on any atom is -0.348 e. The molecule has 15 heavy (non-hydrogen) atoms. The summed E-state index contributed by atoms with van der Waals surface area (Å²) in [5.74, 6) is 1.90. The maximum absolute atomic E-state index is 10.7. The molecule has 80 valence electrons. The molecule has 3 rings (SSSR count). The first-order valence-electron chi connectivity index (χ1n) is 5.45. The zero-order valence-electron chi connectivity index (χ0n) is 8.77. The predicted molar refractivity (Wildman–Crippen MR) is 60.7 cm³/mol. The van der Waals surface area contributed by atoms with Crippen LogP contribution in [0.15, 0.2) is 0 Å². The highest BCUT2D eigenvalue weighted by Gasteiger charge is 2.42. The average molecular weight is 222 g/mol. The Kier molecular flexibility index (Phi) is 2.06. The Morgan fingerprint density at radius 1 is 1.53 bits per heavy atom. The number of hydrogen-bond acceptors (Lipinski definition) is 4. The molecule has 0 N–H and O–H groups in total. The molecule has 2 fully saturated rings. The number of hydrogen-bond donors (Lipinski definition) is 0. The highest BCUT2D eigenvalue weighted by Crippen LogP contribution is 2.46. The first kappa shape index (κ1) is 9.33. The molecule has 2 atom stereocenters. The van der Waals surface area contributed by atoms with E-state index in [9.17, 15) is 4.79 Å². The molecule has 2 aliphatic rings. The molecule has 1 saturated heterocycles. The summed E-state index contributed by atoms with van der Waals surface area (Å²) in [5.41, 5.74) is 0.878. The molecule has 0 spiro atoms. The molecule has 1 aromatic rings. The molecule has 0 amide bonds. The molecule has 1 aliphatic carbocycles. The van der Waals surface area contributed by atoms with Crippen molar-refractivity contribution in [1.29, 1.82) is 0 Å². The van der Waals surface area contributed by atoms with Gasteiger partial charge in [0.1, 0.15) is 0 Å². The van der Waals surface area contributed by atoms with Crippen LogP contribution in [0.1, 0.15) is 28.2 Å². The Labute approximate surface area is 93.1 Å². The van der Waals surface area contributed by atoms with E-state index in [4.69, 9.17) is 0 Å². The fourth-order valence-electron chi connectivity index (χ4n) is 2.40. The predicted octanol–water partition coefficient (Wildman–Crippen LogP) is 2.11. The van der Waals surface area contributed by atoms with Crippen molar-refractivity contribution in [1.82, 2.24) is 4.98 Å². The molecule has 0 radical (unpaired) electrons. The van der Waals surface area contributed by atoms with Crippen molar-refractivity contribution in [3.63, 3.8) is 0 Å². The topological polar surface area (TPSA) is 33.2 Å². The van der Waals surface area contributed by atoms with E-state index in [0.717, 1.165) is 46.9 Å². The van der Waals surface area contributed by atoms with E-state index in [-0.39, 0.29) is 0 Å². The van der Waals surface area contributed by atoms with E-state index in [1.54, 1.807) is 0 Å². The van der Waals surface area contributed by atoms with Crippen LogP contribution in [0.25, 0.3) is 0 Å². The smallest absolute Gasteiger partial charge is 0.186 e. The number of anilines is 1. The van der Waals surface area contributed by atoms with E-state index in [1.807, 2.05) is 6.92 Å². The van der Waals surface area contributed by atoms with Gasteiger partial charge in [-0.3, -0.25) is 4.79 Å². The van der Waals surface area contributed by atoms with E-state index in [2.05, 4.69) is 9.88 Å². The lowest BCUT2D eigenvalue weighted by atomic mass is 10.1. The van der Waals surface area contributed by atoms with Gasteiger partial charge >= 0.3 is 0 Å². The second-order valence-electron chi connectivity index (χ2n) is 4.55. The van der Waals surface area contributed by atoms with Gasteiger partial charge in [0, 0.05) is 13.1 Å². The number of thiazole rings is 1. The summed E-state index contributed by atoms with van der Waals surface area (Å²) < 4.78 is 0. The summed E-state index contributed by atoms with van der Waals surface area (Å²) in [6.45, 7) is 4.18. The number of carbonyl (C=O) groups is 1. The van der Waals surface area contributed by atoms with Crippen LogP contribution in [0.3, 0.4) is 0 Å². The minimum absolute atomic E-state index is 0.780. The van der Waals surface area contributed by atoms with Gasteiger partial charge < -0.3 is 4.90 Å². The third kappa shape index (κ3) is 1.57. The number of aldehydes is 1. The van der Waals surface area contributed by atoms with Crippen LogP contribution in [0.4, 0.5) is 5.13 Å². The number of fused-ring (bicyclic) bond motifs is 1. The molecule has 3 nitrogen and oxygen atoms in total. The van der Waals surface area contributed by atoms with Crippen molar-refractivity contribution in [3.8, 4) is 0 Å². The lowest BCUT2D eigenvalue weighted by Crippen LogP contribution is -2.31. The van der Waals surface area contributed by atoms with Crippen LogP contribution < -0.4 is 4.90 Å². The molecule has 0 bridgehead atoms. The highest BCUT2D eigenvalue weighted by molar-refractivity contribution is 7.17. The quantitative estimate of drug-likeness (QED) is 0.719. The third-order valence-electron chi connectivity index (χ3n) is 3.49. The number of piperidine rings is 1. The highest BCUT2D eigenvalue weighted by atomic mass is 32.1. The largest absolute Gasteiger partial charge is 0.348 e. The Hall–Kier alpha value is -0.900. The van der Waals surface area contributed by atoms with Gasteiger partial charge in [0.25, 0.3) is 0 Å². The van der Waals surface area contributed by atoms with Crippen LogP contribution in [0.2, 0.25) is 0 Å².